The number of likely N-dealkylation sites (N-methyl/N-ethyl adjacent to an activating group) is 1. The summed E-state index contributed by atoms with van der Waals surface area (Å²) in [4.78, 5) is 5.74. The van der Waals surface area contributed by atoms with Gasteiger partial charge in [0.05, 0.1) is 11.2 Å². The highest BCUT2D eigenvalue weighted by atomic mass is 16.5. The Kier molecular flexibility index (Phi) is 4.73. The predicted octanol–water partition coefficient (Wildman–Crippen LogP) is 4.14. The number of aromatic amines is 2. The van der Waals surface area contributed by atoms with Gasteiger partial charge in [0.15, 0.2) is 0 Å². The third kappa shape index (κ3) is 3.48. The van der Waals surface area contributed by atoms with Crippen molar-refractivity contribution in [3.05, 3.63) is 42.5 Å². The number of H-pyrrole nitrogens is 2. The summed E-state index contributed by atoms with van der Waals surface area (Å²) in [7, 11) is 0. The van der Waals surface area contributed by atoms with Crippen molar-refractivity contribution >= 4 is 21.8 Å². The summed E-state index contributed by atoms with van der Waals surface area (Å²) < 4.78 is 5.92. The molecule has 0 amide bonds. The van der Waals surface area contributed by atoms with Gasteiger partial charge in [-0.25, -0.2) is 0 Å². The number of fused-ring (bicyclic) bond motifs is 2. The van der Waals surface area contributed by atoms with E-state index in [4.69, 9.17) is 4.74 Å². The van der Waals surface area contributed by atoms with Crippen LogP contribution in [0.25, 0.3) is 33.2 Å². The third-order valence-corrected chi connectivity index (χ3v) is 4.96. The molecule has 0 aliphatic carbocycles. The van der Waals surface area contributed by atoms with Gasteiger partial charge in [-0.1, -0.05) is 13.8 Å². The molecule has 0 saturated carbocycles. The standard InChI is InChI=1S/C21H24N4O2/c1-3-25(4-2)9-10-27-16-6-8-18-14(11-16)12-20(22-18)21-17-13-15(26)5-7-19(17)23-24-21/h5-8,11-13,22,26H,3-4,9-10H2,1-2H3,(H,23,24). The highest BCUT2D eigenvalue weighted by Crippen LogP contribution is 2.31. The lowest BCUT2D eigenvalue weighted by Gasteiger charge is -2.17. The van der Waals surface area contributed by atoms with E-state index in [1.54, 1.807) is 12.1 Å². The number of aromatic hydroxyl groups is 1. The Morgan fingerprint density at radius 1 is 1.04 bits per heavy atom. The van der Waals surface area contributed by atoms with Gasteiger partial charge < -0.3 is 19.7 Å². The van der Waals surface area contributed by atoms with Crippen LogP contribution in [0.3, 0.4) is 0 Å². The van der Waals surface area contributed by atoms with Gasteiger partial charge in [-0.15, -0.1) is 0 Å². The van der Waals surface area contributed by atoms with Gasteiger partial charge in [-0.2, -0.15) is 5.10 Å². The number of phenols is 1. The molecule has 0 saturated heterocycles. The molecule has 2 aromatic carbocycles. The molecule has 2 aromatic heterocycles. The van der Waals surface area contributed by atoms with Gasteiger partial charge in [0.25, 0.3) is 0 Å². The molecule has 140 valence electrons. The first-order chi connectivity index (χ1) is 13.2. The lowest BCUT2D eigenvalue weighted by Crippen LogP contribution is -2.27. The summed E-state index contributed by atoms with van der Waals surface area (Å²) in [5.74, 6) is 1.09. The van der Waals surface area contributed by atoms with E-state index in [1.165, 1.54) is 0 Å². The first-order valence-corrected chi connectivity index (χ1v) is 9.33. The number of phenolic OH excluding ortho intramolecular Hbond substituents is 1. The third-order valence-electron chi connectivity index (χ3n) is 4.96. The fourth-order valence-electron chi connectivity index (χ4n) is 3.37. The lowest BCUT2D eigenvalue weighted by molar-refractivity contribution is 0.223. The molecule has 27 heavy (non-hydrogen) atoms. The van der Waals surface area contributed by atoms with Crippen LogP contribution in [0, 0.1) is 0 Å². The summed E-state index contributed by atoms with van der Waals surface area (Å²) in [5, 5.41) is 19.2. The zero-order valence-corrected chi connectivity index (χ0v) is 15.6. The maximum absolute atomic E-state index is 9.78. The van der Waals surface area contributed by atoms with Gasteiger partial charge in [-0.05, 0) is 55.6 Å². The molecule has 2 heterocycles. The average Bonchev–Trinajstić information content (AvgIpc) is 3.28. The minimum Gasteiger partial charge on any atom is -0.508 e. The maximum Gasteiger partial charge on any atom is 0.120 e. The summed E-state index contributed by atoms with van der Waals surface area (Å²) in [6.45, 7) is 7.99. The van der Waals surface area contributed by atoms with E-state index in [0.29, 0.717) is 6.61 Å². The Morgan fingerprint density at radius 2 is 1.85 bits per heavy atom. The number of nitrogens with zero attached hydrogens (tertiary/aromatic N) is 2. The molecule has 0 unspecified atom stereocenters. The predicted molar refractivity (Wildman–Crippen MR) is 108 cm³/mol. The molecule has 0 radical (unpaired) electrons. The fraction of sp³-hybridized carbons (Fsp3) is 0.286. The lowest BCUT2D eigenvalue weighted by atomic mass is 10.1. The van der Waals surface area contributed by atoms with Crippen molar-refractivity contribution in [2.24, 2.45) is 0 Å². The molecule has 0 aliphatic rings. The molecule has 3 N–H and O–H groups in total. The average molecular weight is 364 g/mol. The Balaban J connectivity index is 1.58. The number of hydrogen-bond donors (Lipinski definition) is 3. The van der Waals surface area contributed by atoms with Crippen LogP contribution in [0.2, 0.25) is 0 Å². The summed E-state index contributed by atoms with van der Waals surface area (Å²) in [6.07, 6.45) is 0. The second kappa shape index (κ2) is 7.32. The van der Waals surface area contributed by atoms with E-state index in [9.17, 15) is 5.11 Å². The molecule has 0 aliphatic heterocycles. The molecule has 0 atom stereocenters. The van der Waals surface area contributed by atoms with Crippen molar-refractivity contribution < 1.29 is 9.84 Å². The second-order valence-electron chi connectivity index (χ2n) is 6.61. The summed E-state index contributed by atoms with van der Waals surface area (Å²) in [6, 6.07) is 13.3. The van der Waals surface area contributed by atoms with Crippen LogP contribution in [0.15, 0.2) is 42.5 Å². The number of aromatic nitrogens is 3. The van der Waals surface area contributed by atoms with Gasteiger partial charge in [-0.3, -0.25) is 5.10 Å². The van der Waals surface area contributed by atoms with E-state index in [2.05, 4.69) is 40.0 Å². The highest BCUT2D eigenvalue weighted by Gasteiger charge is 2.12. The molecular weight excluding hydrogens is 340 g/mol. The van der Waals surface area contributed by atoms with Crippen LogP contribution >= 0.6 is 0 Å². The van der Waals surface area contributed by atoms with Crippen LogP contribution in [-0.2, 0) is 0 Å². The molecule has 0 fully saturated rings. The monoisotopic (exact) mass is 364 g/mol. The maximum atomic E-state index is 9.78. The van der Waals surface area contributed by atoms with Crippen molar-refractivity contribution in [2.45, 2.75) is 13.8 Å². The summed E-state index contributed by atoms with van der Waals surface area (Å²) in [5.41, 5.74) is 3.61. The van der Waals surface area contributed by atoms with E-state index < -0.39 is 0 Å². The van der Waals surface area contributed by atoms with Gasteiger partial charge in [0.1, 0.15) is 23.8 Å². The van der Waals surface area contributed by atoms with Crippen LogP contribution in [0.4, 0.5) is 0 Å². The number of benzene rings is 2. The molecular formula is C21H24N4O2. The van der Waals surface area contributed by atoms with Crippen molar-refractivity contribution in [1.29, 1.82) is 0 Å². The first-order valence-electron chi connectivity index (χ1n) is 9.33. The quantitative estimate of drug-likeness (QED) is 0.461. The van der Waals surface area contributed by atoms with Crippen molar-refractivity contribution in [3.63, 3.8) is 0 Å². The topological polar surface area (TPSA) is 77.2 Å². The van der Waals surface area contributed by atoms with E-state index >= 15 is 0 Å². The first kappa shape index (κ1) is 17.4. The smallest absolute Gasteiger partial charge is 0.120 e. The molecule has 0 bridgehead atoms. The molecule has 4 rings (SSSR count). The van der Waals surface area contributed by atoms with E-state index in [1.807, 2.05) is 24.3 Å². The minimum atomic E-state index is 0.227. The van der Waals surface area contributed by atoms with Crippen molar-refractivity contribution in [2.75, 3.05) is 26.2 Å². The number of hydrogen-bond acceptors (Lipinski definition) is 4. The van der Waals surface area contributed by atoms with E-state index in [-0.39, 0.29) is 5.75 Å². The van der Waals surface area contributed by atoms with Crippen LogP contribution in [0.1, 0.15) is 13.8 Å². The number of nitrogens with one attached hydrogen (secondary N) is 2. The van der Waals surface area contributed by atoms with Crippen LogP contribution in [-0.4, -0.2) is 51.4 Å². The highest BCUT2D eigenvalue weighted by molar-refractivity contribution is 5.96. The fourth-order valence-corrected chi connectivity index (χ4v) is 3.37. The molecule has 6 nitrogen and oxygen atoms in total. The van der Waals surface area contributed by atoms with Crippen molar-refractivity contribution in [3.8, 4) is 22.9 Å². The van der Waals surface area contributed by atoms with Gasteiger partial charge >= 0.3 is 0 Å². The Bertz CT molecular complexity index is 1060. The molecule has 0 spiro atoms. The largest absolute Gasteiger partial charge is 0.508 e. The Labute approximate surface area is 157 Å². The van der Waals surface area contributed by atoms with Gasteiger partial charge in [0.2, 0.25) is 0 Å². The second-order valence-corrected chi connectivity index (χ2v) is 6.61. The van der Waals surface area contributed by atoms with Crippen molar-refractivity contribution in [1.82, 2.24) is 20.1 Å². The Morgan fingerprint density at radius 3 is 2.67 bits per heavy atom. The van der Waals surface area contributed by atoms with E-state index in [0.717, 1.165) is 58.6 Å². The SMILES string of the molecule is CCN(CC)CCOc1ccc2[nH]c(-c3n[nH]c4ccc(O)cc34)cc2c1. The number of rotatable bonds is 7. The zero-order valence-electron chi connectivity index (χ0n) is 15.6. The Hall–Kier alpha value is -2.99. The van der Waals surface area contributed by atoms with Crippen LogP contribution < -0.4 is 4.74 Å². The number of ether oxygens (including phenoxy) is 1. The summed E-state index contributed by atoms with van der Waals surface area (Å²) >= 11 is 0. The molecule has 6 heteroatoms. The zero-order chi connectivity index (χ0) is 18.8. The normalized spacial score (nSPS) is 11.7. The van der Waals surface area contributed by atoms with Crippen LogP contribution in [0.5, 0.6) is 11.5 Å². The van der Waals surface area contributed by atoms with Gasteiger partial charge in [0, 0.05) is 22.8 Å². The molecule has 4 aromatic rings. The minimum absolute atomic E-state index is 0.227.